The molecule has 0 saturated carbocycles. The second kappa shape index (κ2) is 27.2. The van der Waals surface area contributed by atoms with Gasteiger partial charge in [0.05, 0.1) is 39.5 Å². The van der Waals surface area contributed by atoms with Gasteiger partial charge in [0.2, 0.25) is 35.4 Å². The van der Waals surface area contributed by atoms with Crippen LogP contribution in [0.15, 0.2) is 103 Å². The molecule has 77 heavy (non-hydrogen) atoms. The number of benzene rings is 4. The Morgan fingerprint density at radius 3 is 1.90 bits per heavy atom. The molecule has 3 heterocycles. The number of carbonyl (C=O) groups is 7. The van der Waals surface area contributed by atoms with Gasteiger partial charge in [0, 0.05) is 37.7 Å². The molecule has 9 unspecified atom stereocenters. The van der Waals surface area contributed by atoms with E-state index in [2.05, 4.69) is 33.5 Å². The molecule has 4 aromatic carbocycles. The van der Waals surface area contributed by atoms with Crippen molar-refractivity contribution in [2.24, 2.45) is 5.73 Å². The lowest BCUT2D eigenvalue weighted by atomic mass is 9.99. The number of rotatable bonds is 15. The number of aliphatic hydroxyl groups excluding tert-OH is 3. The fourth-order valence-electron chi connectivity index (χ4n) is 9.67. The van der Waals surface area contributed by atoms with E-state index in [-0.39, 0.29) is 57.0 Å². The SMILES string of the molecule is [2H]c1ccc(COCC2NC(=O)C3C[C@@H](O)CN3C(=O)C(C(C)O)NC(=O)C(NC(=O)c3ccc(-c4ccc(-c5ccc(OCCCCC)cc5)cc4)cc3)CCCNC(=O)C3CC(N)CN3C(=O)C(C(C)O)NC2=O)cc1. The third-order valence-corrected chi connectivity index (χ3v) is 14.0. The molecule has 0 spiro atoms. The van der Waals surface area contributed by atoms with E-state index in [9.17, 15) is 48.9 Å². The summed E-state index contributed by atoms with van der Waals surface area (Å²) in [5, 5.41) is 46.0. The van der Waals surface area contributed by atoms with Gasteiger partial charge >= 0.3 is 0 Å². The topological polar surface area (TPSA) is 291 Å². The highest BCUT2D eigenvalue weighted by molar-refractivity contribution is 6.00. The molecule has 20 heteroatoms. The molecule has 7 rings (SSSR count). The minimum Gasteiger partial charge on any atom is -0.494 e. The largest absolute Gasteiger partial charge is 0.494 e. The van der Waals surface area contributed by atoms with E-state index in [0.717, 1.165) is 52.2 Å². The smallest absolute Gasteiger partial charge is 0.251 e. The molecule has 0 bridgehead atoms. The van der Waals surface area contributed by atoms with Gasteiger partial charge in [0.1, 0.15) is 42.0 Å². The molecular weight excluding hydrogens is 989 g/mol. The van der Waals surface area contributed by atoms with Crippen molar-refractivity contribution in [2.45, 2.75) is 133 Å². The lowest BCUT2D eigenvalue weighted by molar-refractivity contribution is -0.146. The Morgan fingerprint density at radius 1 is 0.740 bits per heavy atom. The van der Waals surface area contributed by atoms with Crippen LogP contribution in [0.5, 0.6) is 5.75 Å². The summed E-state index contributed by atoms with van der Waals surface area (Å²) < 4.78 is 19.5. The number of fused-ring (bicyclic) bond motifs is 2. The van der Waals surface area contributed by atoms with Gasteiger partial charge in [-0.3, -0.25) is 33.6 Å². The molecule has 10 N–H and O–H groups in total. The molecule has 7 amide bonds. The standard InChI is InChI=1S/C57H72N8O12/c1-4-5-9-27-77-44-24-22-40(23-25-44)38-16-14-37(15-17-38)39-18-20-41(21-19-39)51(69)60-45-13-10-26-59-54(72)47-28-42(58)30-64(47)56(74)49(34(2)66)63-53(71)46(33-76-32-36-11-7-6-8-12-36)61-55(73)48-29-43(68)31-65(48)57(75)50(35(3)67)62-52(45)70/h6-8,11-12,14-25,34-35,42-43,45-50,66-68H,4-5,9-10,13,26-33,58H2,1-3H3,(H,59,72)(H,60,69)(H,61,73)(H,62,70)(H,63,71)/t34?,35?,42?,43-,45?,46?,47?,48?,49?,50?/m1/s1/i6D. The molecule has 10 atom stereocenters. The third-order valence-electron chi connectivity index (χ3n) is 14.0. The van der Waals surface area contributed by atoms with Crippen LogP contribution in [0.4, 0.5) is 0 Å². The van der Waals surface area contributed by atoms with Crippen molar-refractivity contribution < 1.29 is 59.7 Å². The summed E-state index contributed by atoms with van der Waals surface area (Å²) in [4.78, 5) is 101. The van der Waals surface area contributed by atoms with Crippen molar-refractivity contribution in [3.63, 3.8) is 0 Å². The molecule has 3 fully saturated rings. The average molecular weight is 1060 g/mol. The number of unbranched alkanes of at least 4 members (excludes halogenated alkanes) is 2. The number of amides is 7. The molecule has 3 aliphatic rings. The number of carbonyl (C=O) groups excluding carboxylic acids is 7. The van der Waals surface area contributed by atoms with Crippen LogP contribution in [0, 0.1) is 0 Å². The first kappa shape index (κ1) is 56.0. The lowest BCUT2D eigenvalue weighted by Gasteiger charge is -2.32. The number of hydrogen-bond acceptors (Lipinski definition) is 13. The second-order valence-electron chi connectivity index (χ2n) is 20.0. The van der Waals surface area contributed by atoms with Gasteiger partial charge in [-0.25, -0.2) is 0 Å². The monoisotopic (exact) mass is 1060 g/mol. The van der Waals surface area contributed by atoms with Crippen LogP contribution in [0.25, 0.3) is 22.3 Å². The fourth-order valence-corrected chi connectivity index (χ4v) is 9.67. The molecular formula is C57H72N8O12. The van der Waals surface area contributed by atoms with Gasteiger partial charge in [0.15, 0.2) is 0 Å². The molecule has 4 aromatic rings. The summed E-state index contributed by atoms with van der Waals surface area (Å²) in [6, 6.07) is 19.8. The predicted molar refractivity (Wildman–Crippen MR) is 285 cm³/mol. The van der Waals surface area contributed by atoms with Gasteiger partial charge in [-0.1, -0.05) is 98.6 Å². The van der Waals surface area contributed by atoms with E-state index in [4.69, 9.17) is 16.6 Å². The Labute approximate surface area is 449 Å². The maximum Gasteiger partial charge on any atom is 0.251 e. The number of ether oxygens (including phenoxy) is 2. The highest BCUT2D eigenvalue weighted by Crippen LogP contribution is 2.28. The number of nitrogens with one attached hydrogen (secondary N) is 5. The first-order chi connectivity index (χ1) is 37.4. The lowest BCUT2D eigenvalue weighted by Crippen LogP contribution is -2.62. The zero-order chi connectivity index (χ0) is 56.0. The first-order valence-electron chi connectivity index (χ1n) is 26.9. The Hall–Kier alpha value is -7.23. The first-order valence-corrected chi connectivity index (χ1v) is 26.4. The van der Waals surface area contributed by atoms with Crippen LogP contribution in [0.2, 0.25) is 0 Å². The van der Waals surface area contributed by atoms with E-state index in [1.165, 1.54) is 30.9 Å². The van der Waals surface area contributed by atoms with Gasteiger partial charge in [-0.2, -0.15) is 0 Å². The Balaban J connectivity index is 1.11. The van der Waals surface area contributed by atoms with Crippen molar-refractivity contribution in [3.05, 3.63) is 114 Å². The van der Waals surface area contributed by atoms with Crippen LogP contribution in [-0.2, 0) is 40.1 Å². The highest BCUT2D eigenvalue weighted by Gasteiger charge is 2.46. The predicted octanol–water partition coefficient (Wildman–Crippen LogP) is 1.92. The zero-order valence-electron chi connectivity index (χ0n) is 44.7. The minimum absolute atomic E-state index is 0.0411. The van der Waals surface area contributed by atoms with Crippen LogP contribution < -0.4 is 37.1 Å². The van der Waals surface area contributed by atoms with Crippen molar-refractivity contribution in [1.82, 2.24) is 36.4 Å². The molecule has 0 aromatic heterocycles. The molecule has 0 radical (unpaired) electrons. The molecule has 3 aliphatic heterocycles. The second-order valence-corrected chi connectivity index (χ2v) is 20.0. The summed E-state index contributed by atoms with van der Waals surface area (Å²) in [7, 11) is 0. The van der Waals surface area contributed by atoms with Crippen molar-refractivity contribution in [1.29, 1.82) is 0 Å². The van der Waals surface area contributed by atoms with Crippen molar-refractivity contribution >= 4 is 41.4 Å². The summed E-state index contributed by atoms with van der Waals surface area (Å²) in [5.41, 5.74) is 10.9. The maximum absolute atomic E-state index is 14.4. The molecule has 3 saturated heterocycles. The Kier molecular flexibility index (Phi) is 19.8. The molecule has 412 valence electrons. The Bertz CT molecular complexity index is 2710. The van der Waals surface area contributed by atoms with E-state index in [1.54, 1.807) is 36.4 Å². The summed E-state index contributed by atoms with van der Waals surface area (Å²) in [5.74, 6) is -4.97. The third kappa shape index (κ3) is 15.3. The normalized spacial score (nSPS) is 24.9. The number of nitrogens with zero attached hydrogens (tertiary/aromatic N) is 2. The Morgan fingerprint density at radius 2 is 1.30 bits per heavy atom. The van der Waals surface area contributed by atoms with Crippen LogP contribution in [-0.4, -0.2) is 160 Å². The van der Waals surface area contributed by atoms with E-state index >= 15 is 0 Å². The quantitative estimate of drug-likeness (QED) is 0.0771. The van der Waals surface area contributed by atoms with E-state index in [1.807, 2.05) is 48.5 Å². The van der Waals surface area contributed by atoms with E-state index < -0.39 is 115 Å². The van der Waals surface area contributed by atoms with Crippen molar-refractivity contribution in [3.8, 4) is 28.0 Å². The van der Waals surface area contributed by atoms with Crippen LogP contribution in [0.3, 0.4) is 0 Å². The molecule has 20 nitrogen and oxygen atoms in total. The van der Waals surface area contributed by atoms with Gasteiger partial charge in [-0.05, 0) is 91.6 Å². The van der Waals surface area contributed by atoms with Gasteiger partial charge < -0.3 is 66.9 Å². The van der Waals surface area contributed by atoms with Gasteiger partial charge in [0.25, 0.3) is 5.91 Å². The van der Waals surface area contributed by atoms with Crippen LogP contribution in [0.1, 0.15) is 83.0 Å². The zero-order valence-corrected chi connectivity index (χ0v) is 43.7. The fraction of sp³-hybridized carbons (Fsp3) is 0.456. The summed E-state index contributed by atoms with van der Waals surface area (Å²) in [6.07, 6.45) is -1.33. The van der Waals surface area contributed by atoms with E-state index in [0.29, 0.717) is 12.2 Å². The minimum atomic E-state index is -1.70. The number of nitrogens with two attached hydrogens (primary N) is 1. The summed E-state index contributed by atoms with van der Waals surface area (Å²) in [6.45, 7) is 4.24. The van der Waals surface area contributed by atoms with Crippen LogP contribution >= 0.6 is 0 Å². The maximum atomic E-state index is 14.4. The van der Waals surface area contributed by atoms with Gasteiger partial charge in [-0.15, -0.1) is 0 Å². The highest BCUT2D eigenvalue weighted by atomic mass is 16.5. The summed E-state index contributed by atoms with van der Waals surface area (Å²) >= 11 is 0. The number of aliphatic hydroxyl groups is 3. The number of hydrogen-bond donors (Lipinski definition) is 9. The molecule has 0 aliphatic carbocycles. The van der Waals surface area contributed by atoms with Crippen molar-refractivity contribution in [2.75, 3.05) is 32.8 Å². The average Bonchev–Trinajstić information content (AvgIpc) is 4.07.